The molecule has 1 amide bonds. The van der Waals surface area contributed by atoms with Crippen molar-refractivity contribution in [2.45, 2.75) is 11.4 Å². The number of esters is 1. The third-order valence-corrected chi connectivity index (χ3v) is 5.13. The second-order valence-corrected chi connectivity index (χ2v) is 7.67. The van der Waals surface area contributed by atoms with Crippen LogP contribution in [0.1, 0.15) is 15.9 Å². The molecular weight excluding hydrogens is 412 g/mol. The summed E-state index contributed by atoms with van der Waals surface area (Å²) < 4.78 is 38.2. The van der Waals surface area contributed by atoms with Crippen molar-refractivity contribution in [3.63, 3.8) is 0 Å². The first-order chi connectivity index (χ1) is 13.2. The minimum atomic E-state index is -4.10. The summed E-state index contributed by atoms with van der Waals surface area (Å²) in [4.78, 5) is 23.5. The van der Waals surface area contributed by atoms with Crippen LogP contribution in [0.2, 0.25) is 5.02 Å². The first-order valence-electron chi connectivity index (χ1n) is 7.89. The minimum Gasteiger partial charge on any atom is -0.454 e. The standard InChI is InChI=1S/C17H15ClN2O7S/c18-12-3-2-11(6-15(12)28(19,23)24)17(22)25-8-16(21)20-7-10-1-4-13-14(5-10)27-9-26-13/h1-6H,7-9H2,(H,20,21)(H2,19,23,24). The molecule has 2 aromatic carbocycles. The zero-order valence-corrected chi connectivity index (χ0v) is 15.9. The zero-order chi connectivity index (χ0) is 20.3. The van der Waals surface area contributed by atoms with Gasteiger partial charge in [0.15, 0.2) is 18.1 Å². The predicted molar refractivity (Wildman–Crippen MR) is 97.5 cm³/mol. The van der Waals surface area contributed by atoms with Crippen LogP contribution in [0, 0.1) is 0 Å². The summed E-state index contributed by atoms with van der Waals surface area (Å²) in [5, 5.41) is 7.50. The van der Waals surface area contributed by atoms with Crippen LogP contribution in [0.4, 0.5) is 0 Å². The smallest absolute Gasteiger partial charge is 0.338 e. The molecule has 0 saturated heterocycles. The summed E-state index contributed by atoms with van der Waals surface area (Å²) in [7, 11) is -4.10. The normalized spacial score (nSPS) is 12.5. The molecule has 0 aliphatic carbocycles. The molecule has 3 rings (SSSR count). The molecule has 0 unspecified atom stereocenters. The second-order valence-electron chi connectivity index (χ2n) is 5.73. The molecule has 2 aromatic rings. The predicted octanol–water partition coefficient (Wildman–Crippen LogP) is 1.19. The Bertz CT molecular complexity index is 1040. The Morgan fingerprint density at radius 3 is 2.64 bits per heavy atom. The van der Waals surface area contributed by atoms with Gasteiger partial charge in [0.2, 0.25) is 16.8 Å². The Morgan fingerprint density at radius 2 is 1.89 bits per heavy atom. The Hall–Kier alpha value is -2.82. The van der Waals surface area contributed by atoms with E-state index in [1.54, 1.807) is 18.2 Å². The average Bonchev–Trinajstić information content (AvgIpc) is 3.11. The Morgan fingerprint density at radius 1 is 1.14 bits per heavy atom. The van der Waals surface area contributed by atoms with Crippen LogP contribution in [0.15, 0.2) is 41.3 Å². The number of nitrogens with two attached hydrogens (primary N) is 1. The van der Waals surface area contributed by atoms with Gasteiger partial charge in [-0.15, -0.1) is 0 Å². The quantitative estimate of drug-likeness (QED) is 0.662. The number of nitrogens with one attached hydrogen (secondary N) is 1. The highest BCUT2D eigenvalue weighted by Crippen LogP contribution is 2.32. The number of carbonyl (C=O) groups is 2. The molecule has 0 atom stereocenters. The van der Waals surface area contributed by atoms with Gasteiger partial charge in [0.1, 0.15) is 4.90 Å². The average molecular weight is 427 g/mol. The van der Waals surface area contributed by atoms with E-state index in [0.29, 0.717) is 11.5 Å². The van der Waals surface area contributed by atoms with Crippen LogP contribution < -0.4 is 19.9 Å². The fourth-order valence-electron chi connectivity index (χ4n) is 2.37. The molecule has 1 aliphatic heterocycles. The Kier molecular flexibility index (Phi) is 5.73. The number of benzene rings is 2. The van der Waals surface area contributed by atoms with Crippen molar-refractivity contribution in [1.82, 2.24) is 5.32 Å². The number of rotatable bonds is 6. The molecule has 3 N–H and O–H groups in total. The van der Waals surface area contributed by atoms with Crippen LogP contribution in [0.3, 0.4) is 0 Å². The van der Waals surface area contributed by atoms with E-state index < -0.39 is 33.4 Å². The number of fused-ring (bicyclic) bond motifs is 1. The zero-order valence-electron chi connectivity index (χ0n) is 14.3. The van der Waals surface area contributed by atoms with Gasteiger partial charge in [-0.1, -0.05) is 17.7 Å². The molecular formula is C17H15ClN2O7S. The molecule has 0 aromatic heterocycles. The summed E-state index contributed by atoms with van der Waals surface area (Å²) in [5.74, 6) is -0.205. The number of hydrogen-bond donors (Lipinski definition) is 2. The fourth-order valence-corrected chi connectivity index (χ4v) is 3.44. The lowest BCUT2D eigenvalue weighted by molar-refractivity contribution is -0.124. The summed E-state index contributed by atoms with van der Waals surface area (Å²) >= 11 is 5.76. The van der Waals surface area contributed by atoms with Crippen LogP contribution in [-0.2, 0) is 26.1 Å². The molecule has 0 radical (unpaired) electrons. The summed E-state index contributed by atoms with van der Waals surface area (Å²) in [6.07, 6.45) is 0. The van der Waals surface area contributed by atoms with Gasteiger partial charge in [-0.2, -0.15) is 0 Å². The van der Waals surface area contributed by atoms with Gasteiger partial charge < -0.3 is 19.5 Å². The minimum absolute atomic E-state index is 0.100. The molecule has 28 heavy (non-hydrogen) atoms. The molecule has 11 heteroatoms. The maximum Gasteiger partial charge on any atom is 0.338 e. The molecule has 148 valence electrons. The SMILES string of the molecule is NS(=O)(=O)c1cc(C(=O)OCC(=O)NCc2ccc3c(c2)OCO3)ccc1Cl. The van der Waals surface area contributed by atoms with Gasteiger partial charge in [-0.05, 0) is 35.9 Å². The van der Waals surface area contributed by atoms with E-state index >= 15 is 0 Å². The lowest BCUT2D eigenvalue weighted by Crippen LogP contribution is -2.28. The number of ether oxygens (including phenoxy) is 3. The van der Waals surface area contributed by atoms with Crippen molar-refractivity contribution in [2.24, 2.45) is 5.14 Å². The third kappa shape index (κ3) is 4.71. The van der Waals surface area contributed by atoms with Gasteiger partial charge in [-0.3, -0.25) is 4.79 Å². The van der Waals surface area contributed by atoms with Crippen molar-refractivity contribution in [1.29, 1.82) is 0 Å². The number of carbonyl (C=O) groups excluding carboxylic acids is 2. The van der Waals surface area contributed by atoms with E-state index in [-0.39, 0.29) is 23.9 Å². The van der Waals surface area contributed by atoms with E-state index in [9.17, 15) is 18.0 Å². The highest BCUT2D eigenvalue weighted by molar-refractivity contribution is 7.89. The van der Waals surface area contributed by atoms with Crippen LogP contribution in [0.25, 0.3) is 0 Å². The number of sulfonamides is 1. The van der Waals surface area contributed by atoms with Gasteiger partial charge in [-0.25, -0.2) is 18.4 Å². The summed E-state index contributed by atoms with van der Waals surface area (Å²) in [6, 6.07) is 8.69. The second kappa shape index (κ2) is 8.05. The highest BCUT2D eigenvalue weighted by Gasteiger charge is 2.18. The van der Waals surface area contributed by atoms with Crippen LogP contribution >= 0.6 is 11.6 Å². The maximum atomic E-state index is 12.0. The van der Waals surface area contributed by atoms with Crippen molar-refractivity contribution < 1.29 is 32.2 Å². The monoisotopic (exact) mass is 426 g/mol. The van der Waals surface area contributed by atoms with E-state index in [1.807, 2.05) is 0 Å². The lowest BCUT2D eigenvalue weighted by Gasteiger charge is -2.08. The number of amides is 1. The molecule has 0 bridgehead atoms. The molecule has 1 heterocycles. The van der Waals surface area contributed by atoms with E-state index in [0.717, 1.165) is 11.6 Å². The van der Waals surface area contributed by atoms with Crippen molar-refractivity contribution in [2.75, 3.05) is 13.4 Å². The largest absolute Gasteiger partial charge is 0.454 e. The number of hydrogen-bond acceptors (Lipinski definition) is 7. The summed E-state index contributed by atoms with van der Waals surface area (Å²) in [6.45, 7) is -0.195. The third-order valence-electron chi connectivity index (χ3n) is 3.73. The first-order valence-corrected chi connectivity index (χ1v) is 9.81. The Balaban J connectivity index is 1.54. The Labute approximate surface area is 165 Å². The van der Waals surface area contributed by atoms with Crippen molar-refractivity contribution in [3.8, 4) is 11.5 Å². The van der Waals surface area contributed by atoms with Gasteiger partial charge in [0, 0.05) is 6.54 Å². The molecule has 1 aliphatic rings. The van der Waals surface area contributed by atoms with Gasteiger partial charge in [0.05, 0.1) is 10.6 Å². The molecule has 0 saturated carbocycles. The van der Waals surface area contributed by atoms with E-state index in [4.69, 9.17) is 31.0 Å². The molecule has 9 nitrogen and oxygen atoms in total. The van der Waals surface area contributed by atoms with Gasteiger partial charge in [0.25, 0.3) is 5.91 Å². The lowest BCUT2D eigenvalue weighted by atomic mass is 10.2. The van der Waals surface area contributed by atoms with Crippen LogP contribution in [0.5, 0.6) is 11.5 Å². The van der Waals surface area contributed by atoms with E-state index in [2.05, 4.69) is 5.32 Å². The topological polar surface area (TPSA) is 134 Å². The van der Waals surface area contributed by atoms with Crippen molar-refractivity contribution >= 4 is 33.5 Å². The van der Waals surface area contributed by atoms with Crippen LogP contribution in [-0.4, -0.2) is 33.7 Å². The number of halogens is 1. The first kappa shape index (κ1) is 19.9. The number of primary sulfonamides is 1. The highest BCUT2D eigenvalue weighted by atomic mass is 35.5. The molecule has 0 fully saturated rings. The van der Waals surface area contributed by atoms with Crippen molar-refractivity contribution in [3.05, 3.63) is 52.5 Å². The van der Waals surface area contributed by atoms with Gasteiger partial charge >= 0.3 is 5.97 Å². The fraction of sp³-hybridized carbons (Fsp3) is 0.176. The molecule has 0 spiro atoms. The summed E-state index contributed by atoms with van der Waals surface area (Å²) in [5.41, 5.74) is 0.677. The maximum absolute atomic E-state index is 12.0. The van der Waals surface area contributed by atoms with E-state index in [1.165, 1.54) is 12.1 Å².